The molecule has 0 saturated heterocycles. The Morgan fingerprint density at radius 3 is 2.86 bits per heavy atom. The minimum absolute atomic E-state index is 0.921. The Labute approximate surface area is 84.0 Å². The fourth-order valence-corrected chi connectivity index (χ4v) is 1.58. The number of pyridine rings is 1. The normalized spacial score (nSPS) is 11.4. The lowest BCUT2D eigenvalue weighted by Crippen LogP contribution is -2.12. The number of aromatic nitrogens is 2. The maximum absolute atomic E-state index is 4.35. The van der Waals surface area contributed by atoms with Gasteiger partial charge >= 0.3 is 0 Å². The fraction of sp³-hybridized carbons (Fsp3) is 0.364. The van der Waals surface area contributed by atoms with Gasteiger partial charge in [-0.15, -0.1) is 0 Å². The lowest BCUT2D eigenvalue weighted by molar-refractivity contribution is 0.395. The summed E-state index contributed by atoms with van der Waals surface area (Å²) < 4.78 is 2.15. The molecule has 0 spiro atoms. The van der Waals surface area contributed by atoms with Gasteiger partial charge in [0.1, 0.15) is 5.65 Å². The van der Waals surface area contributed by atoms with Crippen molar-refractivity contribution in [2.24, 2.45) is 0 Å². The van der Waals surface area contributed by atoms with Crippen LogP contribution in [0.1, 0.15) is 11.3 Å². The summed E-state index contributed by atoms with van der Waals surface area (Å²) in [7, 11) is 4.13. The Morgan fingerprint density at radius 1 is 1.36 bits per heavy atom. The molecule has 0 N–H and O–H groups in total. The molecule has 0 aliphatic heterocycles. The highest BCUT2D eigenvalue weighted by molar-refractivity contribution is 5.41. The Kier molecular flexibility index (Phi) is 2.25. The molecule has 0 unspecified atom stereocenters. The maximum Gasteiger partial charge on any atom is 0.136 e. The van der Waals surface area contributed by atoms with Gasteiger partial charge in [0.15, 0.2) is 0 Å². The van der Waals surface area contributed by atoms with Gasteiger partial charge in [-0.25, -0.2) is 4.98 Å². The summed E-state index contributed by atoms with van der Waals surface area (Å²) in [5, 5.41) is 0. The first-order valence-electron chi connectivity index (χ1n) is 4.74. The van der Waals surface area contributed by atoms with E-state index in [1.807, 2.05) is 6.20 Å². The van der Waals surface area contributed by atoms with Crippen molar-refractivity contribution in [1.29, 1.82) is 0 Å². The quantitative estimate of drug-likeness (QED) is 0.716. The van der Waals surface area contributed by atoms with E-state index in [1.165, 1.54) is 11.3 Å². The zero-order valence-corrected chi connectivity index (χ0v) is 8.86. The van der Waals surface area contributed by atoms with Crippen LogP contribution in [0.25, 0.3) is 5.65 Å². The molecular weight excluding hydrogens is 174 g/mol. The van der Waals surface area contributed by atoms with E-state index in [-0.39, 0.29) is 0 Å². The van der Waals surface area contributed by atoms with Gasteiger partial charge in [-0.3, -0.25) is 0 Å². The van der Waals surface area contributed by atoms with Gasteiger partial charge in [-0.2, -0.15) is 0 Å². The van der Waals surface area contributed by atoms with Crippen LogP contribution in [-0.4, -0.2) is 28.4 Å². The molecule has 2 heterocycles. The number of nitrogens with zero attached hydrogens (tertiary/aromatic N) is 3. The van der Waals surface area contributed by atoms with Gasteiger partial charge < -0.3 is 9.30 Å². The predicted octanol–water partition coefficient (Wildman–Crippen LogP) is 1.70. The third kappa shape index (κ3) is 1.63. The van der Waals surface area contributed by atoms with Crippen LogP contribution in [0.15, 0.2) is 24.5 Å². The van der Waals surface area contributed by atoms with Gasteiger partial charge in [0, 0.05) is 12.7 Å². The molecule has 0 aliphatic carbocycles. The molecule has 0 bridgehead atoms. The predicted molar refractivity (Wildman–Crippen MR) is 57.3 cm³/mol. The molecule has 0 aliphatic rings. The van der Waals surface area contributed by atoms with Crippen LogP contribution in [-0.2, 0) is 6.54 Å². The molecule has 3 nitrogen and oxygen atoms in total. The molecule has 2 rings (SSSR count). The second kappa shape index (κ2) is 3.42. The van der Waals surface area contributed by atoms with Crippen LogP contribution >= 0.6 is 0 Å². The summed E-state index contributed by atoms with van der Waals surface area (Å²) in [5.41, 5.74) is 3.51. The van der Waals surface area contributed by atoms with E-state index >= 15 is 0 Å². The first-order valence-corrected chi connectivity index (χ1v) is 4.74. The highest BCUT2D eigenvalue weighted by atomic mass is 15.1. The third-order valence-corrected chi connectivity index (χ3v) is 2.21. The summed E-state index contributed by atoms with van der Waals surface area (Å²) in [5.74, 6) is 0. The Balaban J connectivity index is 2.50. The van der Waals surface area contributed by atoms with Crippen molar-refractivity contribution >= 4 is 5.65 Å². The van der Waals surface area contributed by atoms with E-state index in [4.69, 9.17) is 0 Å². The van der Waals surface area contributed by atoms with Crippen molar-refractivity contribution in [3.63, 3.8) is 0 Å². The zero-order chi connectivity index (χ0) is 10.1. The number of hydrogen-bond donors (Lipinski definition) is 0. The van der Waals surface area contributed by atoms with Gasteiger partial charge in [-0.1, -0.05) is 6.07 Å². The van der Waals surface area contributed by atoms with Crippen molar-refractivity contribution in [3.8, 4) is 0 Å². The number of hydrogen-bond acceptors (Lipinski definition) is 2. The monoisotopic (exact) mass is 189 g/mol. The highest BCUT2D eigenvalue weighted by Gasteiger charge is 2.03. The average Bonchev–Trinajstić information content (AvgIpc) is 2.47. The largest absolute Gasteiger partial charge is 0.304 e. The van der Waals surface area contributed by atoms with Crippen molar-refractivity contribution in [1.82, 2.24) is 14.3 Å². The first kappa shape index (κ1) is 9.21. The molecule has 2 aromatic rings. The molecule has 0 amide bonds. The minimum Gasteiger partial charge on any atom is -0.304 e. The summed E-state index contributed by atoms with van der Waals surface area (Å²) in [4.78, 5) is 6.49. The van der Waals surface area contributed by atoms with Gasteiger partial charge in [0.2, 0.25) is 0 Å². The molecule has 2 aromatic heterocycles. The fourth-order valence-electron chi connectivity index (χ4n) is 1.58. The number of rotatable bonds is 2. The highest BCUT2D eigenvalue weighted by Crippen LogP contribution is 2.09. The number of fused-ring (bicyclic) bond motifs is 1. The smallest absolute Gasteiger partial charge is 0.136 e. The molecule has 0 fully saturated rings. The Bertz CT molecular complexity index is 443. The summed E-state index contributed by atoms with van der Waals surface area (Å²) in [6, 6.07) is 4.14. The van der Waals surface area contributed by atoms with Crippen molar-refractivity contribution in [2.45, 2.75) is 13.5 Å². The molecule has 0 aromatic carbocycles. The Morgan fingerprint density at radius 2 is 2.14 bits per heavy atom. The molecule has 74 valence electrons. The van der Waals surface area contributed by atoms with E-state index in [1.54, 1.807) is 0 Å². The van der Waals surface area contributed by atoms with Crippen LogP contribution in [0.2, 0.25) is 0 Å². The standard InChI is InChI=1S/C11H15N3/c1-9-4-5-11-12-6-10(8-13(2)3)14(11)7-9/h4-7H,8H2,1-3H3. The van der Waals surface area contributed by atoms with Gasteiger partial charge in [0.25, 0.3) is 0 Å². The van der Waals surface area contributed by atoms with Gasteiger partial charge in [-0.05, 0) is 32.6 Å². The van der Waals surface area contributed by atoms with Crippen LogP contribution in [0.3, 0.4) is 0 Å². The second-order valence-corrected chi connectivity index (χ2v) is 3.92. The third-order valence-electron chi connectivity index (χ3n) is 2.21. The van der Waals surface area contributed by atoms with Crippen LogP contribution in [0.5, 0.6) is 0 Å². The second-order valence-electron chi connectivity index (χ2n) is 3.92. The van der Waals surface area contributed by atoms with Crippen LogP contribution in [0.4, 0.5) is 0 Å². The molecule has 0 radical (unpaired) electrons. The van der Waals surface area contributed by atoms with E-state index in [9.17, 15) is 0 Å². The zero-order valence-electron chi connectivity index (χ0n) is 8.86. The lowest BCUT2D eigenvalue weighted by Gasteiger charge is -2.08. The molecule has 14 heavy (non-hydrogen) atoms. The van der Waals surface area contributed by atoms with Crippen molar-refractivity contribution < 1.29 is 0 Å². The molecule has 3 heteroatoms. The van der Waals surface area contributed by atoms with Crippen molar-refractivity contribution in [2.75, 3.05) is 14.1 Å². The lowest BCUT2D eigenvalue weighted by atomic mass is 10.3. The number of imidazole rings is 1. The maximum atomic E-state index is 4.35. The van der Waals surface area contributed by atoms with E-state index < -0.39 is 0 Å². The first-order chi connectivity index (χ1) is 6.66. The topological polar surface area (TPSA) is 20.5 Å². The van der Waals surface area contributed by atoms with Crippen LogP contribution < -0.4 is 0 Å². The van der Waals surface area contributed by atoms with E-state index in [0.717, 1.165) is 12.2 Å². The number of aryl methyl sites for hydroxylation is 1. The van der Waals surface area contributed by atoms with Crippen LogP contribution in [0, 0.1) is 6.92 Å². The van der Waals surface area contributed by atoms with Gasteiger partial charge in [0.05, 0.1) is 11.9 Å². The van der Waals surface area contributed by atoms with Crippen molar-refractivity contribution in [3.05, 3.63) is 35.8 Å². The summed E-state index contributed by atoms with van der Waals surface area (Å²) >= 11 is 0. The molecule has 0 atom stereocenters. The SMILES string of the molecule is Cc1ccc2ncc(CN(C)C)n2c1. The van der Waals surface area contributed by atoms with E-state index in [2.05, 4.69) is 53.6 Å². The molecule has 0 saturated carbocycles. The van der Waals surface area contributed by atoms with E-state index in [0.29, 0.717) is 0 Å². The summed E-state index contributed by atoms with van der Waals surface area (Å²) in [6.45, 7) is 3.02. The summed E-state index contributed by atoms with van der Waals surface area (Å²) in [6.07, 6.45) is 4.07. The average molecular weight is 189 g/mol. The molecular formula is C11H15N3. The Hall–Kier alpha value is -1.35. The minimum atomic E-state index is 0.921.